The molecule has 1 aromatic heterocycles. The molecule has 1 N–H and O–H groups in total. The van der Waals surface area contributed by atoms with Gasteiger partial charge < -0.3 is 0 Å². The fraction of sp³-hybridized carbons (Fsp3) is 0.200. The van der Waals surface area contributed by atoms with Crippen LogP contribution in [0.2, 0.25) is 10.0 Å². The van der Waals surface area contributed by atoms with Crippen molar-refractivity contribution in [3.63, 3.8) is 0 Å². The predicted octanol–water partition coefficient (Wildman–Crippen LogP) is 4.76. The highest BCUT2D eigenvalue weighted by Gasteiger charge is 2.03. The largest absolute Gasteiger partial charge is 0.260 e. The molecule has 20 heavy (non-hydrogen) atoms. The van der Waals surface area contributed by atoms with Crippen molar-refractivity contribution in [1.82, 2.24) is 4.98 Å². The summed E-state index contributed by atoms with van der Waals surface area (Å²) >= 11 is 11.8. The number of aryl methyl sites for hydroxylation is 3. The van der Waals surface area contributed by atoms with Gasteiger partial charge in [-0.3, -0.25) is 5.43 Å². The lowest BCUT2D eigenvalue weighted by molar-refractivity contribution is 1.22. The molecule has 1 heterocycles. The van der Waals surface area contributed by atoms with Crippen LogP contribution in [0.5, 0.6) is 0 Å². The Bertz CT molecular complexity index is 643. The van der Waals surface area contributed by atoms with Crippen molar-refractivity contribution in [2.45, 2.75) is 20.8 Å². The maximum absolute atomic E-state index is 6.01. The van der Waals surface area contributed by atoms with Gasteiger partial charge in [-0.05, 0) is 38.0 Å². The third kappa shape index (κ3) is 3.50. The lowest BCUT2D eigenvalue weighted by Crippen LogP contribution is -1.98. The molecule has 2 aromatic rings. The third-order valence-corrected chi connectivity index (χ3v) is 3.40. The van der Waals surface area contributed by atoms with E-state index in [1.807, 2.05) is 0 Å². The van der Waals surface area contributed by atoms with Crippen LogP contribution in [0, 0.1) is 20.8 Å². The summed E-state index contributed by atoms with van der Waals surface area (Å²) in [5.74, 6) is 0.481. The molecule has 0 aliphatic heterocycles. The van der Waals surface area contributed by atoms with Crippen molar-refractivity contribution < 1.29 is 0 Å². The normalized spacial score (nSPS) is 11.1. The zero-order valence-corrected chi connectivity index (χ0v) is 13.0. The second-order valence-electron chi connectivity index (χ2n) is 4.67. The molecule has 0 spiro atoms. The van der Waals surface area contributed by atoms with Crippen molar-refractivity contribution >= 4 is 35.2 Å². The highest BCUT2D eigenvalue weighted by Crippen LogP contribution is 2.22. The molecule has 0 aliphatic rings. The van der Waals surface area contributed by atoms with E-state index in [1.165, 1.54) is 22.9 Å². The number of halogens is 2. The van der Waals surface area contributed by atoms with Gasteiger partial charge in [0.1, 0.15) is 0 Å². The molecule has 0 saturated heterocycles. The van der Waals surface area contributed by atoms with Crippen LogP contribution in [0.3, 0.4) is 0 Å². The molecule has 0 unspecified atom stereocenters. The van der Waals surface area contributed by atoms with Gasteiger partial charge in [-0.25, -0.2) is 4.98 Å². The minimum Gasteiger partial charge on any atom is -0.260 e. The number of benzene rings is 1. The van der Waals surface area contributed by atoms with Crippen molar-refractivity contribution in [2.75, 3.05) is 5.43 Å². The molecule has 0 radical (unpaired) electrons. The fourth-order valence-corrected chi connectivity index (χ4v) is 2.47. The van der Waals surface area contributed by atoms with E-state index in [0.29, 0.717) is 15.9 Å². The first-order chi connectivity index (χ1) is 9.47. The topological polar surface area (TPSA) is 37.3 Å². The van der Waals surface area contributed by atoms with Gasteiger partial charge in [-0.2, -0.15) is 5.10 Å². The molecule has 0 saturated carbocycles. The standard InChI is InChI=1S/C15H15Cl2N3/c1-9-4-10(2)13(11(3)5-9)8-19-20-15-14(17)6-12(16)7-18-15/h4-8H,1-3H3,(H,18,20). The first-order valence-corrected chi connectivity index (χ1v) is 6.91. The van der Waals surface area contributed by atoms with E-state index < -0.39 is 0 Å². The van der Waals surface area contributed by atoms with Crippen molar-refractivity contribution in [3.05, 3.63) is 56.7 Å². The number of anilines is 1. The predicted molar refractivity (Wildman–Crippen MR) is 86.1 cm³/mol. The van der Waals surface area contributed by atoms with Gasteiger partial charge in [0.15, 0.2) is 5.82 Å². The average Bonchev–Trinajstić information content (AvgIpc) is 2.34. The van der Waals surface area contributed by atoms with Crippen LogP contribution in [-0.4, -0.2) is 11.2 Å². The quantitative estimate of drug-likeness (QED) is 0.655. The zero-order chi connectivity index (χ0) is 14.7. The van der Waals surface area contributed by atoms with Crippen LogP contribution in [0.15, 0.2) is 29.5 Å². The molecule has 0 amide bonds. The van der Waals surface area contributed by atoms with E-state index in [-0.39, 0.29) is 0 Å². The first-order valence-electron chi connectivity index (χ1n) is 6.15. The van der Waals surface area contributed by atoms with E-state index in [0.717, 1.165) is 5.56 Å². The van der Waals surface area contributed by atoms with Crippen LogP contribution in [0.1, 0.15) is 22.3 Å². The summed E-state index contributed by atoms with van der Waals surface area (Å²) in [5, 5.41) is 5.12. The second-order valence-corrected chi connectivity index (χ2v) is 5.51. The molecule has 0 fully saturated rings. The lowest BCUT2D eigenvalue weighted by atomic mass is 10.0. The van der Waals surface area contributed by atoms with Gasteiger partial charge in [-0.1, -0.05) is 40.9 Å². The maximum Gasteiger partial charge on any atom is 0.165 e. The van der Waals surface area contributed by atoms with Gasteiger partial charge in [0.25, 0.3) is 0 Å². The lowest BCUT2D eigenvalue weighted by Gasteiger charge is -2.07. The fourth-order valence-electron chi connectivity index (χ4n) is 2.05. The highest BCUT2D eigenvalue weighted by molar-refractivity contribution is 6.35. The minimum atomic E-state index is 0.437. The number of pyridine rings is 1. The summed E-state index contributed by atoms with van der Waals surface area (Å²) in [4.78, 5) is 4.08. The van der Waals surface area contributed by atoms with Gasteiger partial charge in [0.05, 0.1) is 16.3 Å². The number of hydrazone groups is 1. The average molecular weight is 308 g/mol. The Kier molecular flexibility index (Phi) is 4.63. The Morgan fingerprint density at radius 3 is 2.35 bits per heavy atom. The summed E-state index contributed by atoms with van der Waals surface area (Å²) in [6, 6.07) is 5.88. The molecule has 0 aliphatic carbocycles. The number of nitrogens with one attached hydrogen (secondary N) is 1. The van der Waals surface area contributed by atoms with Gasteiger partial charge in [-0.15, -0.1) is 0 Å². The molecular weight excluding hydrogens is 293 g/mol. The zero-order valence-electron chi connectivity index (χ0n) is 11.5. The molecule has 1 aromatic carbocycles. The van der Waals surface area contributed by atoms with E-state index >= 15 is 0 Å². The smallest absolute Gasteiger partial charge is 0.165 e. The molecule has 104 valence electrons. The third-order valence-electron chi connectivity index (χ3n) is 2.91. The Balaban J connectivity index is 2.18. The van der Waals surface area contributed by atoms with E-state index in [1.54, 1.807) is 12.3 Å². The van der Waals surface area contributed by atoms with Gasteiger partial charge in [0, 0.05) is 11.8 Å². The van der Waals surface area contributed by atoms with Crippen molar-refractivity contribution in [3.8, 4) is 0 Å². The summed E-state index contributed by atoms with van der Waals surface area (Å²) < 4.78 is 0. The van der Waals surface area contributed by atoms with E-state index in [9.17, 15) is 0 Å². The maximum atomic E-state index is 6.01. The monoisotopic (exact) mass is 307 g/mol. The van der Waals surface area contributed by atoms with Gasteiger partial charge >= 0.3 is 0 Å². The van der Waals surface area contributed by atoms with Crippen molar-refractivity contribution in [1.29, 1.82) is 0 Å². The molecule has 2 rings (SSSR count). The number of hydrogen-bond donors (Lipinski definition) is 1. The number of nitrogens with zero attached hydrogens (tertiary/aromatic N) is 2. The number of rotatable bonds is 3. The summed E-state index contributed by atoms with van der Waals surface area (Å²) in [6.07, 6.45) is 3.30. The second kappa shape index (κ2) is 6.25. The molecule has 3 nitrogen and oxygen atoms in total. The Morgan fingerprint density at radius 1 is 1.10 bits per heavy atom. The van der Waals surface area contributed by atoms with Crippen LogP contribution in [0.25, 0.3) is 0 Å². The summed E-state index contributed by atoms with van der Waals surface area (Å²) in [7, 11) is 0. The molecular formula is C15H15Cl2N3. The van der Waals surface area contributed by atoms with Gasteiger partial charge in [0.2, 0.25) is 0 Å². The van der Waals surface area contributed by atoms with Crippen LogP contribution >= 0.6 is 23.2 Å². The van der Waals surface area contributed by atoms with E-state index in [4.69, 9.17) is 23.2 Å². The minimum absolute atomic E-state index is 0.437. The molecule has 0 atom stereocenters. The Morgan fingerprint density at radius 2 is 1.75 bits per heavy atom. The number of aromatic nitrogens is 1. The first kappa shape index (κ1) is 14.8. The molecule has 5 heteroatoms. The molecule has 0 bridgehead atoms. The Hall–Kier alpha value is -1.58. The highest BCUT2D eigenvalue weighted by atomic mass is 35.5. The summed E-state index contributed by atoms with van der Waals surface area (Å²) in [5.41, 5.74) is 7.53. The van der Waals surface area contributed by atoms with Crippen molar-refractivity contribution in [2.24, 2.45) is 5.10 Å². The van der Waals surface area contributed by atoms with E-state index in [2.05, 4.69) is 48.4 Å². The Labute approximate surface area is 128 Å². The van der Waals surface area contributed by atoms with Crippen LogP contribution < -0.4 is 5.43 Å². The number of hydrogen-bond acceptors (Lipinski definition) is 3. The SMILES string of the molecule is Cc1cc(C)c(C=NNc2ncc(Cl)cc2Cl)c(C)c1. The van der Waals surface area contributed by atoms with Crippen LogP contribution in [-0.2, 0) is 0 Å². The summed E-state index contributed by atoms with van der Waals surface area (Å²) in [6.45, 7) is 6.21. The van der Waals surface area contributed by atoms with Crippen LogP contribution in [0.4, 0.5) is 5.82 Å².